The molecule has 0 bridgehead atoms. The van der Waals surface area contributed by atoms with Gasteiger partial charge >= 0.3 is 0 Å². The highest BCUT2D eigenvalue weighted by atomic mass is 35.5. The summed E-state index contributed by atoms with van der Waals surface area (Å²) in [6.45, 7) is 1.42. The molecule has 0 saturated heterocycles. The Hall–Kier alpha value is -1.26. The minimum absolute atomic E-state index is 0. The number of benzene rings is 1. The van der Waals surface area contributed by atoms with E-state index in [9.17, 15) is 4.79 Å². The van der Waals surface area contributed by atoms with E-state index in [-0.39, 0.29) is 24.4 Å². The lowest BCUT2D eigenvalue weighted by molar-refractivity contribution is -0.122. The van der Waals surface area contributed by atoms with Crippen molar-refractivity contribution in [2.24, 2.45) is 11.7 Å². The molecule has 1 heterocycles. The summed E-state index contributed by atoms with van der Waals surface area (Å²) in [5.74, 6) is 1.82. The van der Waals surface area contributed by atoms with E-state index >= 15 is 0 Å². The van der Waals surface area contributed by atoms with E-state index in [1.807, 2.05) is 18.2 Å². The molecule has 2 aliphatic rings. The molecule has 5 heteroatoms. The smallest absolute Gasteiger partial charge is 0.220 e. The number of nitrogens with one attached hydrogen (secondary N) is 1. The van der Waals surface area contributed by atoms with Crippen LogP contribution in [0.4, 0.5) is 0 Å². The Labute approximate surface area is 138 Å². The second-order valence-electron chi connectivity index (χ2n) is 6.23. The molecule has 1 unspecified atom stereocenters. The fourth-order valence-corrected chi connectivity index (χ4v) is 3.49. The summed E-state index contributed by atoms with van der Waals surface area (Å²) in [6, 6.07) is 8.32. The standard InChI is InChI=1S/C17H24N2O2.ClH/c18-15-6-3-4-12(15)10-17(20)19-11-13-8-9-21-16-7-2-1-5-14(13)16;/h1-2,5,7,12-13,15H,3-4,6,8-11,18H2,(H,19,20);1H/t12-,13?,15+;/m0./s1. The molecule has 122 valence electrons. The number of ether oxygens (including phenoxy) is 1. The molecule has 3 rings (SSSR count). The monoisotopic (exact) mass is 324 g/mol. The van der Waals surface area contributed by atoms with Crippen LogP contribution in [0.5, 0.6) is 5.75 Å². The second-order valence-corrected chi connectivity index (χ2v) is 6.23. The van der Waals surface area contributed by atoms with Crippen LogP contribution in [-0.4, -0.2) is 25.1 Å². The maximum Gasteiger partial charge on any atom is 0.220 e. The average Bonchev–Trinajstić information content (AvgIpc) is 2.90. The third-order valence-electron chi connectivity index (χ3n) is 4.79. The van der Waals surface area contributed by atoms with Gasteiger partial charge in [-0.05, 0) is 36.8 Å². The van der Waals surface area contributed by atoms with Crippen molar-refractivity contribution in [3.05, 3.63) is 29.8 Å². The third kappa shape index (κ3) is 3.93. The van der Waals surface area contributed by atoms with Crippen molar-refractivity contribution in [3.8, 4) is 5.75 Å². The number of amides is 1. The highest BCUT2D eigenvalue weighted by molar-refractivity contribution is 5.85. The summed E-state index contributed by atoms with van der Waals surface area (Å²) in [5, 5.41) is 3.09. The normalized spacial score (nSPS) is 26.5. The zero-order valence-electron chi connectivity index (χ0n) is 12.8. The van der Waals surface area contributed by atoms with Crippen LogP contribution >= 0.6 is 12.4 Å². The van der Waals surface area contributed by atoms with E-state index in [1.54, 1.807) is 0 Å². The summed E-state index contributed by atoms with van der Waals surface area (Å²) >= 11 is 0. The number of para-hydroxylation sites is 1. The molecular weight excluding hydrogens is 300 g/mol. The molecule has 1 aliphatic carbocycles. The molecule has 1 saturated carbocycles. The number of nitrogens with two attached hydrogens (primary N) is 1. The molecule has 1 amide bonds. The number of rotatable bonds is 4. The summed E-state index contributed by atoms with van der Waals surface area (Å²) in [7, 11) is 0. The molecular formula is C17H25ClN2O2. The van der Waals surface area contributed by atoms with Crippen LogP contribution in [0.3, 0.4) is 0 Å². The van der Waals surface area contributed by atoms with Crippen molar-refractivity contribution >= 4 is 18.3 Å². The molecule has 3 N–H and O–H groups in total. The number of hydrogen-bond donors (Lipinski definition) is 2. The molecule has 0 aromatic heterocycles. The molecule has 22 heavy (non-hydrogen) atoms. The van der Waals surface area contributed by atoms with Gasteiger partial charge in [-0.15, -0.1) is 12.4 Å². The first kappa shape index (κ1) is 17.1. The van der Waals surface area contributed by atoms with Gasteiger partial charge in [0, 0.05) is 24.9 Å². The Bertz CT molecular complexity index is 509. The van der Waals surface area contributed by atoms with Crippen molar-refractivity contribution < 1.29 is 9.53 Å². The first-order valence-corrected chi connectivity index (χ1v) is 7.98. The lowest BCUT2D eigenvalue weighted by Crippen LogP contribution is -2.34. The minimum Gasteiger partial charge on any atom is -0.493 e. The van der Waals surface area contributed by atoms with E-state index in [1.165, 1.54) is 5.56 Å². The van der Waals surface area contributed by atoms with Gasteiger partial charge in [0.2, 0.25) is 5.91 Å². The predicted octanol–water partition coefficient (Wildman–Crippen LogP) is 2.61. The predicted molar refractivity (Wildman–Crippen MR) is 89.5 cm³/mol. The summed E-state index contributed by atoms with van der Waals surface area (Å²) < 4.78 is 5.65. The van der Waals surface area contributed by atoms with Gasteiger partial charge in [0.15, 0.2) is 0 Å². The number of hydrogen-bond acceptors (Lipinski definition) is 3. The summed E-state index contributed by atoms with van der Waals surface area (Å²) in [5.41, 5.74) is 7.24. The summed E-state index contributed by atoms with van der Waals surface area (Å²) in [6.07, 6.45) is 4.85. The first-order chi connectivity index (χ1) is 10.2. The van der Waals surface area contributed by atoms with Gasteiger partial charge in [0.05, 0.1) is 6.61 Å². The lowest BCUT2D eigenvalue weighted by atomic mass is 9.93. The SMILES string of the molecule is Cl.N[C@@H]1CCC[C@H]1CC(=O)NCC1CCOc2ccccc21. The fourth-order valence-electron chi connectivity index (χ4n) is 3.49. The van der Waals surface area contributed by atoms with Crippen LogP contribution < -0.4 is 15.8 Å². The van der Waals surface area contributed by atoms with Crippen molar-refractivity contribution in [1.29, 1.82) is 0 Å². The average molecular weight is 325 g/mol. The molecule has 1 aromatic rings. The Morgan fingerprint density at radius 3 is 2.86 bits per heavy atom. The van der Waals surface area contributed by atoms with Crippen LogP contribution in [0.15, 0.2) is 24.3 Å². The van der Waals surface area contributed by atoms with Crippen LogP contribution in [0.2, 0.25) is 0 Å². The maximum absolute atomic E-state index is 12.1. The number of halogens is 1. The van der Waals surface area contributed by atoms with Crippen molar-refractivity contribution in [3.63, 3.8) is 0 Å². The largest absolute Gasteiger partial charge is 0.493 e. The van der Waals surface area contributed by atoms with Crippen molar-refractivity contribution in [1.82, 2.24) is 5.32 Å². The molecule has 3 atom stereocenters. The molecule has 0 radical (unpaired) electrons. The van der Waals surface area contributed by atoms with Crippen molar-refractivity contribution in [2.75, 3.05) is 13.2 Å². The number of fused-ring (bicyclic) bond motifs is 1. The van der Waals surface area contributed by atoms with Gasteiger partial charge in [0.25, 0.3) is 0 Å². The quantitative estimate of drug-likeness (QED) is 0.894. The molecule has 4 nitrogen and oxygen atoms in total. The lowest BCUT2D eigenvalue weighted by Gasteiger charge is -2.26. The summed E-state index contributed by atoms with van der Waals surface area (Å²) in [4.78, 5) is 12.1. The van der Waals surface area contributed by atoms with E-state index in [0.717, 1.165) is 38.0 Å². The third-order valence-corrected chi connectivity index (χ3v) is 4.79. The topological polar surface area (TPSA) is 64.4 Å². The van der Waals surface area contributed by atoms with Crippen LogP contribution in [-0.2, 0) is 4.79 Å². The van der Waals surface area contributed by atoms with Gasteiger partial charge in [-0.3, -0.25) is 4.79 Å². The Morgan fingerprint density at radius 2 is 2.09 bits per heavy atom. The van der Waals surface area contributed by atoms with Gasteiger partial charge in [-0.1, -0.05) is 24.6 Å². The van der Waals surface area contributed by atoms with Crippen LogP contribution in [0.25, 0.3) is 0 Å². The molecule has 1 aliphatic heterocycles. The Kier molecular flexibility index (Phi) is 6.09. The van der Waals surface area contributed by atoms with Gasteiger partial charge in [-0.25, -0.2) is 0 Å². The zero-order valence-corrected chi connectivity index (χ0v) is 13.6. The minimum atomic E-state index is 0. The van der Waals surface area contributed by atoms with Gasteiger partial charge < -0.3 is 15.8 Å². The van der Waals surface area contributed by atoms with Crippen LogP contribution in [0, 0.1) is 5.92 Å². The van der Waals surface area contributed by atoms with Gasteiger partial charge in [-0.2, -0.15) is 0 Å². The molecule has 0 spiro atoms. The molecule has 1 aromatic carbocycles. The first-order valence-electron chi connectivity index (χ1n) is 7.98. The van der Waals surface area contributed by atoms with Crippen molar-refractivity contribution in [2.45, 2.75) is 44.1 Å². The number of carbonyl (C=O) groups excluding carboxylic acids is 1. The number of carbonyl (C=O) groups is 1. The highest BCUT2D eigenvalue weighted by Gasteiger charge is 2.27. The van der Waals surface area contributed by atoms with E-state index in [4.69, 9.17) is 10.5 Å². The van der Waals surface area contributed by atoms with Gasteiger partial charge in [0.1, 0.15) is 5.75 Å². The molecule has 1 fully saturated rings. The maximum atomic E-state index is 12.1. The van der Waals surface area contributed by atoms with Crippen LogP contribution in [0.1, 0.15) is 43.6 Å². The van der Waals surface area contributed by atoms with E-state index in [2.05, 4.69) is 11.4 Å². The van der Waals surface area contributed by atoms with E-state index < -0.39 is 0 Å². The Morgan fingerprint density at radius 1 is 1.27 bits per heavy atom. The highest BCUT2D eigenvalue weighted by Crippen LogP contribution is 2.33. The zero-order chi connectivity index (χ0) is 14.7. The fraction of sp³-hybridized carbons (Fsp3) is 0.588. The Balaban J connectivity index is 0.00000176. The second kappa shape index (κ2) is 7.84. The van der Waals surface area contributed by atoms with E-state index in [0.29, 0.717) is 24.8 Å².